The maximum absolute atomic E-state index is 13.5. The van der Waals surface area contributed by atoms with Crippen molar-refractivity contribution in [3.8, 4) is 16.9 Å². The molecule has 1 atom stereocenters. The highest BCUT2D eigenvalue weighted by Gasteiger charge is 2.19. The number of piperidine rings is 1. The fourth-order valence-corrected chi connectivity index (χ4v) is 3.51. The van der Waals surface area contributed by atoms with E-state index in [1.807, 2.05) is 6.07 Å². The predicted molar refractivity (Wildman–Crippen MR) is 92.9 cm³/mol. The number of benzene rings is 1. The molecule has 124 valence electrons. The molecule has 1 saturated heterocycles. The number of H-pyrrole nitrogens is 1. The molecule has 0 radical (unpaired) electrons. The molecular weight excluding hydrogens is 305 g/mol. The highest BCUT2D eigenvalue weighted by Crippen LogP contribution is 2.36. The summed E-state index contributed by atoms with van der Waals surface area (Å²) in [6, 6.07) is 8.77. The van der Waals surface area contributed by atoms with Crippen molar-refractivity contribution in [3.05, 3.63) is 48.0 Å². The molecular formula is C19H20FN3O. The van der Waals surface area contributed by atoms with Crippen molar-refractivity contribution in [2.45, 2.75) is 18.8 Å². The zero-order valence-electron chi connectivity index (χ0n) is 13.6. The molecule has 0 saturated carbocycles. The third-order valence-electron chi connectivity index (χ3n) is 4.74. The van der Waals surface area contributed by atoms with Gasteiger partial charge in [0, 0.05) is 41.4 Å². The molecule has 2 N–H and O–H groups in total. The van der Waals surface area contributed by atoms with E-state index >= 15 is 0 Å². The minimum atomic E-state index is -0.302. The molecule has 1 aliphatic rings. The zero-order chi connectivity index (χ0) is 16.5. The summed E-state index contributed by atoms with van der Waals surface area (Å²) in [4.78, 5) is 7.92. The van der Waals surface area contributed by atoms with Crippen LogP contribution in [0.5, 0.6) is 5.75 Å². The highest BCUT2D eigenvalue weighted by molar-refractivity contribution is 5.95. The lowest BCUT2D eigenvalue weighted by atomic mass is 9.95. The minimum absolute atomic E-state index is 0.302. The summed E-state index contributed by atoms with van der Waals surface area (Å²) < 4.78 is 18.9. The van der Waals surface area contributed by atoms with Gasteiger partial charge in [-0.05, 0) is 49.2 Å². The van der Waals surface area contributed by atoms with Crippen molar-refractivity contribution >= 4 is 11.0 Å². The van der Waals surface area contributed by atoms with E-state index in [2.05, 4.69) is 21.4 Å². The Morgan fingerprint density at radius 2 is 2.12 bits per heavy atom. The van der Waals surface area contributed by atoms with Gasteiger partial charge < -0.3 is 15.0 Å². The summed E-state index contributed by atoms with van der Waals surface area (Å²) in [5.74, 6) is 0.712. The molecule has 2 aromatic heterocycles. The number of hydrogen-bond donors (Lipinski definition) is 2. The van der Waals surface area contributed by atoms with Gasteiger partial charge in [-0.25, -0.2) is 9.37 Å². The molecule has 0 unspecified atom stereocenters. The van der Waals surface area contributed by atoms with E-state index < -0.39 is 0 Å². The molecule has 4 rings (SSSR count). The minimum Gasteiger partial charge on any atom is -0.496 e. The SMILES string of the molecule is COc1cc(F)ccc1-c1ccnc2[nH]c([C@H]3CCCNC3)cc12. The quantitative estimate of drug-likeness (QED) is 0.769. The standard InChI is InChI=1S/C19H20FN3O/c1-24-18-9-13(20)4-5-15(18)14-6-8-22-19-16(14)10-17(23-19)12-3-2-7-21-11-12/h4-6,8-10,12,21H,2-3,7,11H2,1H3,(H,22,23)/t12-/m0/s1. The lowest BCUT2D eigenvalue weighted by Gasteiger charge is -2.21. The van der Waals surface area contributed by atoms with Gasteiger partial charge >= 0.3 is 0 Å². The Balaban J connectivity index is 1.83. The molecule has 3 heterocycles. The van der Waals surface area contributed by atoms with Crippen LogP contribution in [0.3, 0.4) is 0 Å². The normalized spacial score (nSPS) is 18.0. The summed E-state index contributed by atoms with van der Waals surface area (Å²) in [6.07, 6.45) is 4.14. The second kappa shape index (κ2) is 6.24. The van der Waals surface area contributed by atoms with E-state index in [4.69, 9.17) is 4.74 Å². The first-order valence-electron chi connectivity index (χ1n) is 8.28. The van der Waals surface area contributed by atoms with Gasteiger partial charge in [0.15, 0.2) is 0 Å². The Bertz CT molecular complexity index is 868. The number of fused-ring (bicyclic) bond motifs is 1. The first-order chi connectivity index (χ1) is 11.8. The lowest BCUT2D eigenvalue weighted by molar-refractivity contribution is 0.413. The van der Waals surface area contributed by atoms with E-state index in [0.29, 0.717) is 11.7 Å². The van der Waals surface area contributed by atoms with Crippen LogP contribution in [-0.4, -0.2) is 30.2 Å². The van der Waals surface area contributed by atoms with Crippen LogP contribution in [0, 0.1) is 5.82 Å². The van der Waals surface area contributed by atoms with E-state index in [-0.39, 0.29) is 5.82 Å². The molecule has 0 aliphatic carbocycles. The number of aromatic nitrogens is 2. The van der Waals surface area contributed by atoms with Crippen molar-refractivity contribution < 1.29 is 9.13 Å². The maximum atomic E-state index is 13.5. The topological polar surface area (TPSA) is 49.9 Å². The van der Waals surface area contributed by atoms with Crippen molar-refractivity contribution in [1.82, 2.24) is 15.3 Å². The molecule has 1 fully saturated rings. The van der Waals surface area contributed by atoms with Gasteiger partial charge in [0.1, 0.15) is 17.2 Å². The van der Waals surface area contributed by atoms with Crippen LogP contribution in [0.1, 0.15) is 24.5 Å². The van der Waals surface area contributed by atoms with E-state index in [0.717, 1.165) is 35.2 Å². The number of nitrogens with one attached hydrogen (secondary N) is 2. The average molecular weight is 325 g/mol. The first-order valence-corrected chi connectivity index (χ1v) is 8.28. The van der Waals surface area contributed by atoms with Crippen molar-refractivity contribution in [2.75, 3.05) is 20.2 Å². The Morgan fingerprint density at radius 1 is 1.21 bits per heavy atom. The molecule has 3 aromatic rings. The summed E-state index contributed by atoms with van der Waals surface area (Å²) >= 11 is 0. The summed E-state index contributed by atoms with van der Waals surface area (Å²) in [5.41, 5.74) is 3.94. The van der Waals surface area contributed by atoms with E-state index in [9.17, 15) is 4.39 Å². The van der Waals surface area contributed by atoms with Gasteiger partial charge in [0.25, 0.3) is 0 Å². The molecule has 0 bridgehead atoms. The van der Waals surface area contributed by atoms with E-state index in [1.165, 1.54) is 30.7 Å². The second-order valence-corrected chi connectivity index (χ2v) is 6.23. The second-order valence-electron chi connectivity index (χ2n) is 6.23. The first kappa shape index (κ1) is 15.1. The van der Waals surface area contributed by atoms with Crippen LogP contribution in [0.25, 0.3) is 22.2 Å². The number of aromatic amines is 1. The number of halogens is 1. The Morgan fingerprint density at radius 3 is 2.92 bits per heavy atom. The molecule has 24 heavy (non-hydrogen) atoms. The van der Waals surface area contributed by atoms with Crippen LogP contribution in [-0.2, 0) is 0 Å². The molecule has 1 aliphatic heterocycles. The number of methoxy groups -OCH3 is 1. The van der Waals surface area contributed by atoms with Gasteiger partial charge in [0.2, 0.25) is 0 Å². The average Bonchev–Trinajstić information content (AvgIpc) is 3.07. The summed E-state index contributed by atoms with van der Waals surface area (Å²) in [6.45, 7) is 2.08. The maximum Gasteiger partial charge on any atom is 0.138 e. The van der Waals surface area contributed by atoms with Crippen LogP contribution in [0.2, 0.25) is 0 Å². The third kappa shape index (κ3) is 2.65. The molecule has 5 heteroatoms. The Kier molecular flexibility index (Phi) is 3.94. The number of pyridine rings is 1. The number of rotatable bonds is 3. The van der Waals surface area contributed by atoms with Gasteiger partial charge in [-0.3, -0.25) is 0 Å². The fourth-order valence-electron chi connectivity index (χ4n) is 3.51. The highest BCUT2D eigenvalue weighted by atomic mass is 19.1. The smallest absolute Gasteiger partial charge is 0.138 e. The van der Waals surface area contributed by atoms with Crippen LogP contribution in [0.15, 0.2) is 36.5 Å². The molecule has 4 nitrogen and oxygen atoms in total. The fraction of sp³-hybridized carbons (Fsp3) is 0.316. The van der Waals surface area contributed by atoms with E-state index in [1.54, 1.807) is 19.4 Å². The van der Waals surface area contributed by atoms with Crippen LogP contribution < -0.4 is 10.1 Å². The zero-order valence-corrected chi connectivity index (χ0v) is 13.6. The third-order valence-corrected chi connectivity index (χ3v) is 4.74. The largest absolute Gasteiger partial charge is 0.496 e. The van der Waals surface area contributed by atoms with Crippen LogP contribution in [0.4, 0.5) is 4.39 Å². The van der Waals surface area contributed by atoms with Gasteiger partial charge in [0.05, 0.1) is 7.11 Å². The number of nitrogens with zero attached hydrogens (tertiary/aromatic N) is 1. The van der Waals surface area contributed by atoms with Gasteiger partial charge in [-0.2, -0.15) is 0 Å². The predicted octanol–water partition coefficient (Wildman–Crippen LogP) is 3.84. The molecule has 0 amide bonds. The lowest BCUT2D eigenvalue weighted by Crippen LogP contribution is -2.28. The summed E-state index contributed by atoms with van der Waals surface area (Å²) in [7, 11) is 1.56. The number of ether oxygens (including phenoxy) is 1. The van der Waals surface area contributed by atoms with Crippen molar-refractivity contribution in [1.29, 1.82) is 0 Å². The monoisotopic (exact) mass is 325 g/mol. The Hall–Kier alpha value is -2.40. The summed E-state index contributed by atoms with van der Waals surface area (Å²) in [5, 5.41) is 4.49. The number of hydrogen-bond acceptors (Lipinski definition) is 3. The van der Waals surface area contributed by atoms with Crippen molar-refractivity contribution in [3.63, 3.8) is 0 Å². The van der Waals surface area contributed by atoms with Gasteiger partial charge in [-0.15, -0.1) is 0 Å². The molecule has 0 spiro atoms. The van der Waals surface area contributed by atoms with Crippen molar-refractivity contribution in [2.24, 2.45) is 0 Å². The van der Waals surface area contributed by atoms with Gasteiger partial charge in [-0.1, -0.05) is 0 Å². The van der Waals surface area contributed by atoms with Crippen LogP contribution >= 0.6 is 0 Å². The Labute approximate surface area is 140 Å². The molecule has 1 aromatic carbocycles.